The molecule has 0 spiro atoms. The Morgan fingerprint density at radius 3 is 2.48 bits per heavy atom. The SMILES string of the molecule is C[C@H](NC(=O)CN1C(=O)CN(C)C1=O)c1ccc(Br)cc1. The summed E-state index contributed by atoms with van der Waals surface area (Å²) in [6, 6.07) is 6.94. The van der Waals surface area contributed by atoms with Crippen LogP contribution in [0.2, 0.25) is 0 Å². The molecular formula is C14H16BrN3O3. The lowest BCUT2D eigenvalue weighted by atomic mass is 10.1. The average molecular weight is 354 g/mol. The molecule has 7 heteroatoms. The van der Waals surface area contributed by atoms with Gasteiger partial charge in [-0.25, -0.2) is 4.79 Å². The monoisotopic (exact) mass is 353 g/mol. The van der Waals surface area contributed by atoms with Crippen LogP contribution in [0.15, 0.2) is 28.7 Å². The van der Waals surface area contributed by atoms with Crippen LogP contribution in [-0.2, 0) is 9.59 Å². The van der Waals surface area contributed by atoms with Crippen molar-refractivity contribution in [2.75, 3.05) is 20.1 Å². The fraction of sp³-hybridized carbons (Fsp3) is 0.357. The fourth-order valence-electron chi connectivity index (χ4n) is 2.09. The van der Waals surface area contributed by atoms with Crippen LogP contribution in [0.25, 0.3) is 0 Å². The highest BCUT2D eigenvalue weighted by Gasteiger charge is 2.34. The maximum atomic E-state index is 12.0. The number of halogens is 1. The van der Waals surface area contributed by atoms with Crippen molar-refractivity contribution < 1.29 is 14.4 Å². The van der Waals surface area contributed by atoms with Gasteiger partial charge in [-0.3, -0.25) is 14.5 Å². The first-order valence-corrected chi connectivity index (χ1v) is 7.28. The van der Waals surface area contributed by atoms with Gasteiger partial charge in [0, 0.05) is 11.5 Å². The molecule has 1 aliphatic heterocycles. The summed E-state index contributed by atoms with van der Waals surface area (Å²) in [5.41, 5.74) is 0.947. The first-order valence-electron chi connectivity index (χ1n) is 6.49. The van der Waals surface area contributed by atoms with Gasteiger partial charge in [0.1, 0.15) is 13.1 Å². The number of nitrogens with zero attached hydrogens (tertiary/aromatic N) is 2. The number of carbonyl (C=O) groups excluding carboxylic acids is 3. The van der Waals surface area contributed by atoms with Crippen LogP contribution in [0, 0.1) is 0 Å². The number of rotatable bonds is 4. The van der Waals surface area contributed by atoms with Gasteiger partial charge in [-0.2, -0.15) is 0 Å². The molecule has 1 saturated heterocycles. The number of likely N-dealkylation sites (N-methyl/N-ethyl adjacent to an activating group) is 1. The third-order valence-electron chi connectivity index (χ3n) is 3.28. The molecule has 0 aliphatic carbocycles. The summed E-state index contributed by atoms with van der Waals surface area (Å²) in [5.74, 6) is -0.712. The molecule has 0 saturated carbocycles. The molecule has 0 radical (unpaired) electrons. The summed E-state index contributed by atoms with van der Waals surface area (Å²) in [6.07, 6.45) is 0. The van der Waals surface area contributed by atoms with E-state index in [0.29, 0.717) is 0 Å². The zero-order chi connectivity index (χ0) is 15.6. The number of carbonyl (C=O) groups is 3. The molecule has 1 aromatic rings. The van der Waals surface area contributed by atoms with Gasteiger partial charge < -0.3 is 10.2 Å². The highest BCUT2D eigenvalue weighted by molar-refractivity contribution is 9.10. The lowest BCUT2D eigenvalue weighted by Crippen LogP contribution is -2.41. The van der Waals surface area contributed by atoms with Crippen LogP contribution in [0.4, 0.5) is 4.79 Å². The second-order valence-corrected chi connectivity index (χ2v) is 5.87. The smallest absolute Gasteiger partial charge is 0.327 e. The minimum absolute atomic E-state index is 0.0222. The van der Waals surface area contributed by atoms with Crippen molar-refractivity contribution in [3.05, 3.63) is 34.3 Å². The quantitative estimate of drug-likeness (QED) is 0.834. The van der Waals surface area contributed by atoms with E-state index in [1.807, 2.05) is 31.2 Å². The summed E-state index contributed by atoms with van der Waals surface area (Å²) < 4.78 is 0.959. The van der Waals surface area contributed by atoms with Gasteiger partial charge in [0.2, 0.25) is 5.91 Å². The standard InChI is InChI=1S/C14H16BrN3O3/c1-9(10-3-5-11(15)6-4-10)16-12(19)7-18-13(20)8-17(2)14(18)21/h3-6,9H,7-8H2,1-2H3,(H,16,19)/t9-/m0/s1. The first-order chi connectivity index (χ1) is 9.88. The minimum atomic E-state index is -0.438. The number of amides is 4. The Morgan fingerprint density at radius 2 is 1.95 bits per heavy atom. The Balaban J connectivity index is 1.94. The lowest BCUT2D eigenvalue weighted by Gasteiger charge is -2.17. The maximum absolute atomic E-state index is 12.0. The second kappa shape index (κ2) is 6.26. The van der Waals surface area contributed by atoms with Crippen molar-refractivity contribution in [2.45, 2.75) is 13.0 Å². The van der Waals surface area contributed by atoms with Crippen LogP contribution >= 0.6 is 15.9 Å². The largest absolute Gasteiger partial charge is 0.348 e. The number of hydrogen-bond donors (Lipinski definition) is 1. The summed E-state index contributed by atoms with van der Waals surface area (Å²) >= 11 is 3.35. The van der Waals surface area contributed by atoms with Gasteiger partial charge >= 0.3 is 6.03 Å². The number of nitrogens with one attached hydrogen (secondary N) is 1. The van der Waals surface area contributed by atoms with E-state index in [4.69, 9.17) is 0 Å². The molecule has 2 rings (SSSR count). The van der Waals surface area contributed by atoms with Gasteiger partial charge in [-0.15, -0.1) is 0 Å². The third-order valence-corrected chi connectivity index (χ3v) is 3.81. The van der Waals surface area contributed by atoms with E-state index in [9.17, 15) is 14.4 Å². The molecule has 1 heterocycles. The van der Waals surface area contributed by atoms with Crippen molar-refractivity contribution in [2.24, 2.45) is 0 Å². The fourth-order valence-corrected chi connectivity index (χ4v) is 2.35. The average Bonchev–Trinajstić information content (AvgIpc) is 2.66. The van der Waals surface area contributed by atoms with E-state index < -0.39 is 6.03 Å². The van der Waals surface area contributed by atoms with Crippen molar-refractivity contribution in [3.8, 4) is 0 Å². The predicted octanol–water partition coefficient (Wildman–Crippen LogP) is 1.52. The Hall–Kier alpha value is -1.89. The lowest BCUT2D eigenvalue weighted by molar-refractivity contribution is -0.131. The highest BCUT2D eigenvalue weighted by atomic mass is 79.9. The topological polar surface area (TPSA) is 69.7 Å². The van der Waals surface area contributed by atoms with Crippen LogP contribution in [-0.4, -0.2) is 47.8 Å². The Bertz CT molecular complexity index is 573. The number of benzene rings is 1. The molecule has 0 aromatic heterocycles. The zero-order valence-electron chi connectivity index (χ0n) is 11.8. The highest BCUT2D eigenvalue weighted by Crippen LogP contribution is 2.16. The van der Waals surface area contributed by atoms with E-state index in [1.54, 1.807) is 0 Å². The molecule has 4 amide bonds. The molecule has 1 N–H and O–H groups in total. The van der Waals surface area contributed by atoms with E-state index in [2.05, 4.69) is 21.2 Å². The van der Waals surface area contributed by atoms with Gasteiger partial charge in [-0.1, -0.05) is 28.1 Å². The molecule has 1 fully saturated rings. The Morgan fingerprint density at radius 1 is 1.33 bits per heavy atom. The number of hydrogen-bond acceptors (Lipinski definition) is 3. The molecule has 1 aliphatic rings. The molecule has 1 aromatic carbocycles. The van der Waals surface area contributed by atoms with Gasteiger partial charge in [0.05, 0.1) is 6.04 Å². The summed E-state index contributed by atoms with van der Waals surface area (Å²) in [6.45, 7) is 1.62. The van der Waals surface area contributed by atoms with Crippen molar-refractivity contribution >= 4 is 33.8 Å². The Labute approximate surface area is 131 Å². The molecule has 6 nitrogen and oxygen atoms in total. The van der Waals surface area contributed by atoms with Crippen LogP contribution < -0.4 is 5.32 Å². The van der Waals surface area contributed by atoms with E-state index in [0.717, 1.165) is 14.9 Å². The van der Waals surface area contributed by atoms with Crippen LogP contribution in [0.5, 0.6) is 0 Å². The third kappa shape index (κ3) is 3.60. The molecule has 0 bridgehead atoms. The van der Waals surface area contributed by atoms with Crippen LogP contribution in [0.3, 0.4) is 0 Å². The van der Waals surface area contributed by atoms with Gasteiger partial charge in [0.25, 0.3) is 5.91 Å². The normalized spacial score (nSPS) is 16.3. The Kier molecular flexibility index (Phi) is 4.62. The van der Waals surface area contributed by atoms with E-state index in [-0.39, 0.29) is 30.9 Å². The van der Waals surface area contributed by atoms with E-state index >= 15 is 0 Å². The predicted molar refractivity (Wildman–Crippen MR) is 80.4 cm³/mol. The number of imide groups is 1. The van der Waals surface area contributed by atoms with Crippen molar-refractivity contribution in [1.82, 2.24) is 15.1 Å². The van der Waals surface area contributed by atoms with Gasteiger partial charge in [0.15, 0.2) is 0 Å². The maximum Gasteiger partial charge on any atom is 0.327 e. The van der Waals surface area contributed by atoms with Crippen molar-refractivity contribution in [3.63, 3.8) is 0 Å². The molecule has 21 heavy (non-hydrogen) atoms. The summed E-state index contributed by atoms with van der Waals surface area (Å²) in [5, 5.41) is 2.78. The number of urea groups is 1. The first kappa shape index (κ1) is 15.5. The summed E-state index contributed by atoms with van der Waals surface area (Å²) in [4.78, 5) is 37.5. The van der Waals surface area contributed by atoms with E-state index in [1.165, 1.54) is 11.9 Å². The second-order valence-electron chi connectivity index (χ2n) is 4.96. The minimum Gasteiger partial charge on any atom is -0.348 e. The van der Waals surface area contributed by atoms with Crippen molar-refractivity contribution in [1.29, 1.82) is 0 Å². The van der Waals surface area contributed by atoms with Crippen LogP contribution in [0.1, 0.15) is 18.5 Å². The zero-order valence-corrected chi connectivity index (χ0v) is 13.4. The molecular weight excluding hydrogens is 338 g/mol. The molecule has 1 atom stereocenters. The summed E-state index contributed by atoms with van der Waals surface area (Å²) in [7, 11) is 1.53. The van der Waals surface area contributed by atoms with Gasteiger partial charge in [-0.05, 0) is 24.6 Å². The molecule has 0 unspecified atom stereocenters. The molecule has 112 valence electrons.